The highest BCUT2D eigenvalue weighted by molar-refractivity contribution is 4.94. The summed E-state index contributed by atoms with van der Waals surface area (Å²) in [6.45, 7) is 0.654. The summed E-state index contributed by atoms with van der Waals surface area (Å²) in [5.74, 6) is 0.819. The van der Waals surface area contributed by atoms with Crippen molar-refractivity contribution in [1.29, 1.82) is 0 Å². The maximum atomic E-state index is 9.51. The van der Waals surface area contributed by atoms with E-state index in [-0.39, 0.29) is 12.1 Å². The van der Waals surface area contributed by atoms with E-state index in [0.717, 1.165) is 25.0 Å². The Bertz CT molecular complexity index is 248. The van der Waals surface area contributed by atoms with E-state index in [1.54, 1.807) is 6.20 Å². The molecule has 1 aromatic rings. The quantitative estimate of drug-likeness (QED) is 0.721. The number of nitrogens with zero attached hydrogens (tertiary/aromatic N) is 1. The Hall–Kier alpha value is -0.870. The summed E-state index contributed by atoms with van der Waals surface area (Å²) in [6, 6.07) is 2.05. The van der Waals surface area contributed by atoms with Crippen LogP contribution in [-0.4, -0.2) is 22.4 Å². The zero-order valence-corrected chi connectivity index (χ0v) is 7.44. The summed E-state index contributed by atoms with van der Waals surface area (Å²) >= 11 is 0. The van der Waals surface area contributed by atoms with E-state index in [1.165, 1.54) is 0 Å². The van der Waals surface area contributed by atoms with Crippen LogP contribution in [0.3, 0.4) is 0 Å². The Morgan fingerprint density at radius 2 is 2.54 bits per heavy atom. The Morgan fingerprint density at radius 3 is 3.15 bits per heavy atom. The molecule has 0 aromatic carbocycles. The maximum absolute atomic E-state index is 9.51. The summed E-state index contributed by atoms with van der Waals surface area (Å²) < 4.78 is 4.93. The van der Waals surface area contributed by atoms with Crippen LogP contribution in [0.15, 0.2) is 16.8 Å². The predicted molar refractivity (Wildman–Crippen MR) is 47.0 cm³/mol. The molecule has 1 saturated carbocycles. The zero-order valence-electron chi connectivity index (χ0n) is 7.44. The van der Waals surface area contributed by atoms with E-state index in [4.69, 9.17) is 4.52 Å². The van der Waals surface area contributed by atoms with E-state index in [9.17, 15) is 5.11 Å². The Kier molecular flexibility index (Phi) is 2.61. The van der Waals surface area contributed by atoms with Crippen LogP contribution in [0.2, 0.25) is 0 Å². The van der Waals surface area contributed by atoms with Crippen LogP contribution < -0.4 is 5.32 Å². The molecule has 0 amide bonds. The normalized spacial score (nSPS) is 28.1. The van der Waals surface area contributed by atoms with Gasteiger partial charge in [-0.1, -0.05) is 5.16 Å². The van der Waals surface area contributed by atoms with Crippen LogP contribution in [0.4, 0.5) is 0 Å². The van der Waals surface area contributed by atoms with Gasteiger partial charge in [0.15, 0.2) is 0 Å². The monoisotopic (exact) mass is 182 g/mol. The minimum absolute atomic E-state index is 0.192. The third kappa shape index (κ3) is 2.08. The van der Waals surface area contributed by atoms with Crippen molar-refractivity contribution in [1.82, 2.24) is 10.5 Å². The van der Waals surface area contributed by atoms with Gasteiger partial charge in [-0.25, -0.2) is 0 Å². The highest BCUT2D eigenvalue weighted by atomic mass is 16.5. The zero-order chi connectivity index (χ0) is 9.10. The smallest absolute Gasteiger partial charge is 0.150 e. The molecule has 0 spiro atoms. The van der Waals surface area contributed by atoms with Crippen molar-refractivity contribution in [2.45, 2.75) is 38.0 Å². The van der Waals surface area contributed by atoms with Crippen molar-refractivity contribution in [2.75, 3.05) is 0 Å². The first-order valence-corrected chi connectivity index (χ1v) is 4.67. The second kappa shape index (κ2) is 3.89. The van der Waals surface area contributed by atoms with Gasteiger partial charge in [-0.2, -0.15) is 0 Å². The molecule has 4 nitrogen and oxygen atoms in total. The van der Waals surface area contributed by atoms with Crippen LogP contribution in [0.5, 0.6) is 0 Å². The molecule has 1 fully saturated rings. The topological polar surface area (TPSA) is 58.3 Å². The SMILES string of the molecule is OC1CCCC1NCc1ccno1. The van der Waals surface area contributed by atoms with Crippen molar-refractivity contribution in [2.24, 2.45) is 0 Å². The molecule has 1 aromatic heterocycles. The van der Waals surface area contributed by atoms with Crippen molar-refractivity contribution < 1.29 is 9.63 Å². The first kappa shape index (κ1) is 8.72. The lowest BCUT2D eigenvalue weighted by Gasteiger charge is -2.14. The van der Waals surface area contributed by atoms with Gasteiger partial charge in [-0.05, 0) is 19.3 Å². The molecule has 72 valence electrons. The summed E-state index contributed by atoms with van der Waals surface area (Å²) in [5.41, 5.74) is 0. The Balaban J connectivity index is 1.79. The second-order valence-electron chi connectivity index (χ2n) is 3.46. The van der Waals surface area contributed by atoms with Gasteiger partial charge in [0.05, 0.1) is 18.8 Å². The lowest BCUT2D eigenvalue weighted by molar-refractivity contribution is 0.147. The standard InChI is InChI=1S/C9H14N2O2/c12-9-3-1-2-8(9)10-6-7-4-5-11-13-7/h4-5,8-10,12H,1-3,6H2. The molecule has 1 aliphatic carbocycles. The number of hydrogen-bond acceptors (Lipinski definition) is 4. The molecule has 2 unspecified atom stereocenters. The molecule has 4 heteroatoms. The summed E-state index contributed by atoms with van der Waals surface area (Å²) in [6.07, 6.45) is 4.50. The maximum Gasteiger partial charge on any atom is 0.150 e. The summed E-state index contributed by atoms with van der Waals surface area (Å²) in [4.78, 5) is 0. The fraction of sp³-hybridized carbons (Fsp3) is 0.667. The third-order valence-electron chi connectivity index (χ3n) is 2.51. The number of aliphatic hydroxyl groups is 1. The largest absolute Gasteiger partial charge is 0.392 e. The highest BCUT2D eigenvalue weighted by Gasteiger charge is 2.24. The minimum atomic E-state index is -0.192. The number of nitrogens with one attached hydrogen (secondary N) is 1. The van der Waals surface area contributed by atoms with Gasteiger partial charge in [-0.15, -0.1) is 0 Å². The average Bonchev–Trinajstić information content (AvgIpc) is 2.72. The van der Waals surface area contributed by atoms with Crippen molar-refractivity contribution >= 4 is 0 Å². The van der Waals surface area contributed by atoms with Crippen molar-refractivity contribution in [3.8, 4) is 0 Å². The number of hydrogen-bond donors (Lipinski definition) is 2. The van der Waals surface area contributed by atoms with Gasteiger partial charge in [0.1, 0.15) is 5.76 Å². The van der Waals surface area contributed by atoms with Crippen LogP contribution in [0.25, 0.3) is 0 Å². The molecule has 13 heavy (non-hydrogen) atoms. The van der Waals surface area contributed by atoms with E-state index in [0.29, 0.717) is 6.54 Å². The fourth-order valence-electron chi connectivity index (χ4n) is 1.74. The second-order valence-corrected chi connectivity index (χ2v) is 3.46. The molecule has 2 N–H and O–H groups in total. The number of aliphatic hydroxyl groups excluding tert-OH is 1. The van der Waals surface area contributed by atoms with Crippen molar-refractivity contribution in [3.05, 3.63) is 18.0 Å². The molecule has 0 saturated heterocycles. The van der Waals surface area contributed by atoms with E-state index in [2.05, 4.69) is 10.5 Å². The lowest BCUT2D eigenvalue weighted by Crippen LogP contribution is -2.34. The van der Waals surface area contributed by atoms with E-state index in [1.807, 2.05) is 6.07 Å². The molecular formula is C9H14N2O2. The average molecular weight is 182 g/mol. The molecule has 1 heterocycles. The van der Waals surface area contributed by atoms with Gasteiger partial charge in [-0.3, -0.25) is 0 Å². The first-order chi connectivity index (χ1) is 6.36. The lowest BCUT2D eigenvalue weighted by atomic mass is 10.2. The summed E-state index contributed by atoms with van der Waals surface area (Å²) in [7, 11) is 0. The van der Waals surface area contributed by atoms with Gasteiger partial charge >= 0.3 is 0 Å². The first-order valence-electron chi connectivity index (χ1n) is 4.67. The highest BCUT2D eigenvalue weighted by Crippen LogP contribution is 2.18. The predicted octanol–water partition coefficient (Wildman–Crippen LogP) is 0.678. The van der Waals surface area contributed by atoms with Crippen molar-refractivity contribution in [3.63, 3.8) is 0 Å². The molecule has 0 radical (unpaired) electrons. The van der Waals surface area contributed by atoms with E-state index < -0.39 is 0 Å². The Labute approximate surface area is 76.9 Å². The molecule has 0 aliphatic heterocycles. The van der Waals surface area contributed by atoms with Crippen LogP contribution in [0.1, 0.15) is 25.0 Å². The van der Waals surface area contributed by atoms with Crippen LogP contribution in [-0.2, 0) is 6.54 Å². The van der Waals surface area contributed by atoms with E-state index >= 15 is 0 Å². The van der Waals surface area contributed by atoms with Gasteiger partial charge < -0.3 is 14.9 Å². The van der Waals surface area contributed by atoms with Gasteiger partial charge in [0.2, 0.25) is 0 Å². The van der Waals surface area contributed by atoms with Gasteiger partial charge in [0.25, 0.3) is 0 Å². The molecular weight excluding hydrogens is 168 g/mol. The molecule has 2 atom stereocenters. The van der Waals surface area contributed by atoms with Crippen LogP contribution in [0, 0.1) is 0 Å². The molecule has 1 aliphatic rings. The van der Waals surface area contributed by atoms with Crippen LogP contribution >= 0.6 is 0 Å². The fourth-order valence-corrected chi connectivity index (χ4v) is 1.74. The molecule has 0 bridgehead atoms. The molecule has 2 rings (SSSR count). The van der Waals surface area contributed by atoms with Gasteiger partial charge in [0, 0.05) is 12.1 Å². The Morgan fingerprint density at radius 1 is 1.62 bits per heavy atom. The number of rotatable bonds is 3. The minimum Gasteiger partial charge on any atom is -0.392 e. The summed E-state index contributed by atoms with van der Waals surface area (Å²) in [5, 5.41) is 16.4. The number of aromatic nitrogens is 1. The third-order valence-corrected chi connectivity index (χ3v) is 2.51.